The summed E-state index contributed by atoms with van der Waals surface area (Å²) in [5.41, 5.74) is 0.391. The average Bonchev–Trinajstić information content (AvgIpc) is 2.72. The number of hydrogen-bond acceptors (Lipinski definition) is 2. The minimum absolute atomic E-state index is 0.0313. The van der Waals surface area contributed by atoms with Crippen molar-refractivity contribution in [3.05, 3.63) is 0 Å². The fourth-order valence-corrected chi connectivity index (χ4v) is 7.38. The Bertz CT molecular complexity index is 562. The standard InChI is InChI=1S/C21H32O2/c1-19(2)10-8-14-13-12-17(22)16-6-5-7-18(23)21(16,4)15(13)9-11-20(14,19)3/h13-16H,5-12H2,1-4H3/t13-,14-,15+,16?,20-,21+/m0/s1. The third-order valence-electron chi connectivity index (χ3n) is 9.27. The zero-order valence-electron chi connectivity index (χ0n) is 15.3. The summed E-state index contributed by atoms with van der Waals surface area (Å²) in [4.78, 5) is 25.8. The van der Waals surface area contributed by atoms with E-state index in [2.05, 4.69) is 27.7 Å². The van der Waals surface area contributed by atoms with E-state index in [4.69, 9.17) is 0 Å². The van der Waals surface area contributed by atoms with Crippen LogP contribution in [0.15, 0.2) is 0 Å². The second-order valence-corrected chi connectivity index (χ2v) is 10.1. The highest BCUT2D eigenvalue weighted by atomic mass is 16.1. The number of fused-ring (bicyclic) bond motifs is 5. The predicted molar refractivity (Wildman–Crippen MR) is 90.9 cm³/mol. The molecule has 4 aliphatic rings. The first-order chi connectivity index (χ1) is 10.7. The number of carbonyl (C=O) groups is 2. The summed E-state index contributed by atoms with van der Waals surface area (Å²) in [6.07, 6.45) is 8.29. The topological polar surface area (TPSA) is 34.1 Å². The van der Waals surface area contributed by atoms with E-state index in [0.717, 1.165) is 25.7 Å². The molecule has 0 amide bonds. The molecule has 2 heteroatoms. The normalized spacial score (nSPS) is 51.8. The van der Waals surface area contributed by atoms with Crippen molar-refractivity contribution in [3.63, 3.8) is 0 Å². The molecule has 2 nitrogen and oxygen atoms in total. The van der Waals surface area contributed by atoms with Crippen LogP contribution in [0, 0.1) is 39.9 Å². The van der Waals surface area contributed by atoms with E-state index in [0.29, 0.717) is 46.6 Å². The molecular formula is C21H32O2. The van der Waals surface area contributed by atoms with E-state index in [1.807, 2.05) is 0 Å². The predicted octanol–water partition coefficient (Wildman–Crippen LogP) is 4.80. The average molecular weight is 316 g/mol. The summed E-state index contributed by atoms with van der Waals surface area (Å²) < 4.78 is 0. The molecule has 4 aliphatic carbocycles. The van der Waals surface area contributed by atoms with Gasteiger partial charge in [0, 0.05) is 24.2 Å². The van der Waals surface area contributed by atoms with Crippen molar-refractivity contribution in [1.29, 1.82) is 0 Å². The molecular weight excluding hydrogens is 284 g/mol. The molecule has 4 fully saturated rings. The van der Waals surface area contributed by atoms with Crippen molar-refractivity contribution in [2.45, 2.75) is 79.1 Å². The SMILES string of the molecule is CC1(C)CC[C@H]2[C@@H]3CC(=O)C4CCCC(=O)[C@]4(C)[C@@H]3CC[C@@]21C. The molecule has 0 N–H and O–H groups in total. The smallest absolute Gasteiger partial charge is 0.139 e. The van der Waals surface area contributed by atoms with Gasteiger partial charge in [-0.05, 0) is 67.1 Å². The zero-order chi connectivity index (χ0) is 16.6. The van der Waals surface area contributed by atoms with Crippen molar-refractivity contribution in [3.8, 4) is 0 Å². The Kier molecular flexibility index (Phi) is 3.24. The van der Waals surface area contributed by atoms with Gasteiger partial charge in [0.2, 0.25) is 0 Å². The van der Waals surface area contributed by atoms with E-state index in [9.17, 15) is 9.59 Å². The monoisotopic (exact) mass is 316 g/mol. The van der Waals surface area contributed by atoms with Gasteiger partial charge in [-0.15, -0.1) is 0 Å². The fourth-order valence-electron chi connectivity index (χ4n) is 7.38. The van der Waals surface area contributed by atoms with E-state index in [1.54, 1.807) is 0 Å². The zero-order valence-corrected chi connectivity index (χ0v) is 15.3. The van der Waals surface area contributed by atoms with E-state index >= 15 is 0 Å². The van der Waals surface area contributed by atoms with Gasteiger partial charge in [0.25, 0.3) is 0 Å². The third-order valence-corrected chi connectivity index (χ3v) is 9.27. The Labute approximate surface area is 140 Å². The molecule has 4 saturated carbocycles. The molecule has 1 unspecified atom stereocenters. The lowest BCUT2D eigenvalue weighted by Gasteiger charge is -2.59. The number of carbonyl (C=O) groups excluding carboxylic acids is 2. The van der Waals surface area contributed by atoms with Crippen LogP contribution in [0.5, 0.6) is 0 Å². The minimum Gasteiger partial charge on any atom is -0.299 e. The Morgan fingerprint density at radius 3 is 2.35 bits per heavy atom. The molecule has 4 rings (SSSR count). The van der Waals surface area contributed by atoms with Gasteiger partial charge in [-0.3, -0.25) is 9.59 Å². The Hall–Kier alpha value is -0.660. The van der Waals surface area contributed by atoms with Crippen molar-refractivity contribution in [1.82, 2.24) is 0 Å². The van der Waals surface area contributed by atoms with Crippen LogP contribution < -0.4 is 0 Å². The van der Waals surface area contributed by atoms with Gasteiger partial charge >= 0.3 is 0 Å². The summed E-state index contributed by atoms with van der Waals surface area (Å²) >= 11 is 0. The van der Waals surface area contributed by atoms with E-state index in [1.165, 1.54) is 19.3 Å². The van der Waals surface area contributed by atoms with Gasteiger partial charge in [0.15, 0.2) is 0 Å². The van der Waals surface area contributed by atoms with Crippen LogP contribution in [0.1, 0.15) is 79.1 Å². The summed E-state index contributed by atoms with van der Waals surface area (Å²) in [7, 11) is 0. The lowest BCUT2D eigenvalue weighted by molar-refractivity contribution is -0.167. The molecule has 0 aromatic heterocycles. The molecule has 0 aliphatic heterocycles. The maximum atomic E-state index is 12.9. The number of ketones is 2. The van der Waals surface area contributed by atoms with Crippen LogP contribution in [0.25, 0.3) is 0 Å². The summed E-state index contributed by atoms with van der Waals surface area (Å²) in [5, 5.41) is 0. The number of hydrogen-bond donors (Lipinski definition) is 0. The van der Waals surface area contributed by atoms with Crippen molar-refractivity contribution in [2.24, 2.45) is 39.9 Å². The van der Waals surface area contributed by atoms with Gasteiger partial charge in [-0.2, -0.15) is 0 Å². The maximum Gasteiger partial charge on any atom is 0.139 e. The quantitative estimate of drug-likeness (QED) is 0.643. The first kappa shape index (κ1) is 15.8. The Balaban J connectivity index is 1.75. The molecule has 6 atom stereocenters. The molecule has 0 bridgehead atoms. The van der Waals surface area contributed by atoms with Crippen molar-refractivity contribution >= 4 is 11.6 Å². The van der Waals surface area contributed by atoms with Crippen LogP contribution in [0.3, 0.4) is 0 Å². The molecule has 0 spiro atoms. The van der Waals surface area contributed by atoms with Crippen LogP contribution in [-0.4, -0.2) is 11.6 Å². The van der Waals surface area contributed by atoms with Gasteiger partial charge in [-0.1, -0.05) is 27.7 Å². The van der Waals surface area contributed by atoms with Crippen LogP contribution in [0.4, 0.5) is 0 Å². The first-order valence-corrected chi connectivity index (χ1v) is 9.78. The second-order valence-electron chi connectivity index (χ2n) is 10.1. The van der Waals surface area contributed by atoms with E-state index in [-0.39, 0.29) is 11.3 Å². The van der Waals surface area contributed by atoms with Crippen LogP contribution in [0.2, 0.25) is 0 Å². The fraction of sp³-hybridized carbons (Fsp3) is 0.905. The molecule has 0 aromatic rings. The molecule has 128 valence electrons. The summed E-state index contributed by atoms with van der Waals surface area (Å²) in [5.74, 6) is 2.42. The Morgan fingerprint density at radius 2 is 1.61 bits per heavy atom. The van der Waals surface area contributed by atoms with Crippen molar-refractivity contribution < 1.29 is 9.59 Å². The number of rotatable bonds is 0. The summed E-state index contributed by atoms with van der Waals surface area (Å²) in [6, 6.07) is 0. The molecule has 0 heterocycles. The van der Waals surface area contributed by atoms with Gasteiger partial charge in [0.1, 0.15) is 11.6 Å². The highest BCUT2D eigenvalue weighted by Crippen LogP contribution is 2.69. The highest BCUT2D eigenvalue weighted by Gasteiger charge is 2.65. The van der Waals surface area contributed by atoms with Crippen LogP contribution >= 0.6 is 0 Å². The minimum atomic E-state index is -0.341. The lowest BCUT2D eigenvalue weighted by atomic mass is 9.43. The van der Waals surface area contributed by atoms with Crippen LogP contribution in [-0.2, 0) is 9.59 Å². The van der Waals surface area contributed by atoms with E-state index < -0.39 is 0 Å². The molecule has 0 aromatic carbocycles. The molecule has 0 saturated heterocycles. The maximum absolute atomic E-state index is 12.9. The van der Waals surface area contributed by atoms with Gasteiger partial charge < -0.3 is 0 Å². The highest BCUT2D eigenvalue weighted by molar-refractivity contribution is 5.95. The van der Waals surface area contributed by atoms with Gasteiger partial charge in [0.05, 0.1) is 0 Å². The molecule has 23 heavy (non-hydrogen) atoms. The van der Waals surface area contributed by atoms with Gasteiger partial charge in [-0.25, -0.2) is 0 Å². The largest absolute Gasteiger partial charge is 0.299 e. The van der Waals surface area contributed by atoms with Crippen molar-refractivity contribution in [2.75, 3.05) is 0 Å². The first-order valence-electron chi connectivity index (χ1n) is 9.78. The summed E-state index contributed by atoms with van der Waals surface area (Å²) in [6.45, 7) is 9.49. The number of Topliss-reactive ketones (excluding diaryl/α,β-unsaturated/α-hetero) is 2. The molecule has 0 radical (unpaired) electrons. The third kappa shape index (κ3) is 1.81. The lowest BCUT2D eigenvalue weighted by Crippen LogP contribution is -2.59. The Morgan fingerprint density at radius 1 is 0.913 bits per heavy atom. The second kappa shape index (κ2) is 4.70.